The van der Waals surface area contributed by atoms with Gasteiger partial charge in [0, 0.05) is 44.3 Å². The molecule has 0 N–H and O–H groups in total. The van der Waals surface area contributed by atoms with Crippen LogP contribution in [0.1, 0.15) is 36.8 Å². The Morgan fingerprint density at radius 1 is 1.24 bits per heavy atom. The van der Waals surface area contributed by atoms with Crippen molar-refractivity contribution in [2.45, 2.75) is 38.4 Å². The summed E-state index contributed by atoms with van der Waals surface area (Å²) in [5.41, 5.74) is 2.72. The Kier molecular flexibility index (Phi) is 5.72. The quantitative estimate of drug-likeness (QED) is 0.828. The zero-order chi connectivity index (χ0) is 17.9. The molecule has 2 saturated heterocycles. The summed E-state index contributed by atoms with van der Waals surface area (Å²) in [5.74, 6) is 1.91. The third kappa shape index (κ3) is 4.38. The zero-order valence-electron chi connectivity index (χ0n) is 15.3. The van der Waals surface area contributed by atoms with Gasteiger partial charge in [0.25, 0.3) is 0 Å². The molecule has 2 amide bonds. The van der Waals surface area contributed by atoms with Crippen molar-refractivity contribution in [1.82, 2.24) is 9.80 Å². The molecule has 4 nitrogen and oxygen atoms in total. The fraction of sp³-hybridized carbons (Fsp3) is 0.600. The first kappa shape index (κ1) is 18.3. The highest BCUT2D eigenvalue weighted by Gasteiger charge is 2.41. The Morgan fingerprint density at radius 3 is 2.80 bits per heavy atom. The van der Waals surface area contributed by atoms with Gasteiger partial charge < -0.3 is 9.80 Å². The van der Waals surface area contributed by atoms with Crippen molar-refractivity contribution in [2.24, 2.45) is 5.41 Å². The van der Waals surface area contributed by atoms with E-state index in [0.717, 1.165) is 44.6 Å². The largest absolute Gasteiger partial charge is 0.345 e. The van der Waals surface area contributed by atoms with E-state index in [9.17, 15) is 9.59 Å². The smallest absolute Gasteiger partial charge is 0.232 e. The van der Waals surface area contributed by atoms with Crippen LogP contribution in [-0.2, 0) is 15.3 Å². The van der Waals surface area contributed by atoms with E-state index in [0.29, 0.717) is 12.2 Å². The van der Waals surface area contributed by atoms with Crippen molar-refractivity contribution < 1.29 is 9.59 Å². The lowest BCUT2D eigenvalue weighted by Gasteiger charge is -2.47. The summed E-state index contributed by atoms with van der Waals surface area (Å²) < 4.78 is 0. The van der Waals surface area contributed by atoms with E-state index in [1.165, 1.54) is 11.1 Å². The number of benzene rings is 1. The van der Waals surface area contributed by atoms with Gasteiger partial charge in [0.1, 0.15) is 0 Å². The second kappa shape index (κ2) is 7.81. The third-order valence-corrected chi connectivity index (χ3v) is 6.59. The van der Waals surface area contributed by atoms with Crippen LogP contribution < -0.4 is 0 Å². The third-order valence-electron chi connectivity index (χ3n) is 5.63. The zero-order valence-corrected chi connectivity index (χ0v) is 16.1. The number of amides is 2. The lowest BCUT2D eigenvalue weighted by atomic mass is 9.73. The first-order valence-corrected chi connectivity index (χ1v) is 10.3. The summed E-state index contributed by atoms with van der Waals surface area (Å²) in [6, 6.07) is 8.36. The van der Waals surface area contributed by atoms with Gasteiger partial charge in [-0.25, -0.2) is 0 Å². The molecule has 25 heavy (non-hydrogen) atoms. The molecule has 0 unspecified atom stereocenters. The molecule has 1 spiro atoms. The molecule has 3 rings (SSSR count). The molecule has 0 saturated carbocycles. The van der Waals surface area contributed by atoms with Gasteiger partial charge in [-0.3, -0.25) is 9.59 Å². The van der Waals surface area contributed by atoms with Crippen LogP contribution in [0.15, 0.2) is 24.3 Å². The Labute approximate surface area is 154 Å². The minimum absolute atomic E-state index is 0.122. The maximum atomic E-state index is 12.7. The summed E-state index contributed by atoms with van der Waals surface area (Å²) in [6.07, 6.45) is 3.73. The summed E-state index contributed by atoms with van der Waals surface area (Å²) in [5, 5.41) is 0. The summed E-state index contributed by atoms with van der Waals surface area (Å²) >= 11 is 1.70. The minimum Gasteiger partial charge on any atom is -0.345 e. The van der Waals surface area contributed by atoms with Gasteiger partial charge in [-0.1, -0.05) is 24.3 Å². The number of piperidine rings is 2. The summed E-state index contributed by atoms with van der Waals surface area (Å²) in [7, 11) is 1.89. The SMILES string of the molecule is Cc1ccccc1CSCC(=O)N1CCC[C@]2(CCC(=O)N(C)C2)C1. The van der Waals surface area contributed by atoms with Gasteiger partial charge in [-0.05, 0) is 37.3 Å². The molecule has 0 aliphatic carbocycles. The molecule has 0 radical (unpaired) electrons. The van der Waals surface area contributed by atoms with Gasteiger partial charge in [-0.15, -0.1) is 11.8 Å². The Balaban J connectivity index is 1.52. The number of thioether (sulfide) groups is 1. The summed E-state index contributed by atoms with van der Waals surface area (Å²) in [6.45, 7) is 4.59. The molecule has 5 heteroatoms. The predicted molar refractivity (Wildman–Crippen MR) is 102 cm³/mol. The van der Waals surface area contributed by atoms with E-state index in [1.807, 2.05) is 22.9 Å². The Bertz CT molecular complexity index is 648. The number of aryl methyl sites for hydroxylation is 1. The van der Waals surface area contributed by atoms with Crippen LogP contribution in [0, 0.1) is 12.3 Å². The Hall–Kier alpha value is -1.49. The molecule has 1 atom stereocenters. The topological polar surface area (TPSA) is 40.6 Å². The van der Waals surface area contributed by atoms with E-state index >= 15 is 0 Å². The molecule has 0 bridgehead atoms. The van der Waals surface area contributed by atoms with Crippen LogP contribution in [-0.4, -0.2) is 54.0 Å². The highest BCUT2D eigenvalue weighted by molar-refractivity contribution is 7.99. The van der Waals surface area contributed by atoms with Crippen LogP contribution in [0.5, 0.6) is 0 Å². The fourth-order valence-electron chi connectivity index (χ4n) is 4.10. The van der Waals surface area contributed by atoms with Gasteiger partial charge in [0.05, 0.1) is 5.75 Å². The maximum absolute atomic E-state index is 12.7. The van der Waals surface area contributed by atoms with Crippen molar-refractivity contribution in [1.29, 1.82) is 0 Å². The highest BCUT2D eigenvalue weighted by atomic mass is 32.2. The first-order valence-electron chi connectivity index (χ1n) is 9.13. The lowest BCUT2D eigenvalue weighted by Crippen LogP contribution is -2.54. The van der Waals surface area contributed by atoms with Gasteiger partial charge in [0.15, 0.2) is 0 Å². The van der Waals surface area contributed by atoms with E-state index in [4.69, 9.17) is 0 Å². The van der Waals surface area contributed by atoms with E-state index in [1.54, 1.807) is 11.8 Å². The Morgan fingerprint density at radius 2 is 2.04 bits per heavy atom. The molecule has 2 aliphatic rings. The van der Waals surface area contributed by atoms with Crippen molar-refractivity contribution in [3.63, 3.8) is 0 Å². The van der Waals surface area contributed by atoms with Crippen molar-refractivity contribution in [3.05, 3.63) is 35.4 Å². The lowest BCUT2D eigenvalue weighted by molar-refractivity contribution is -0.140. The highest BCUT2D eigenvalue weighted by Crippen LogP contribution is 2.38. The van der Waals surface area contributed by atoms with Gasteiger partial charge >= 0.3 is 0 Å². The normalized spacial score (nSPS) is 24.0. The number of hydrogen-bond donors (Lipinski definition) is 0. The average Bonchev–Trinajstić information content (AvgIpc) is 2.60. The molecular formula is C20H28N2O2S. The molecule has 2 heterocycles. The van der Waals surface area contributed by atoms with Gasteiger partial charge in [0.2, 0.25) is 11.8 Å². The molecule has 0 aromatic heterocycles. The number of carbonyl (C=O) groups excluding carboxylic acids is 2. The molecule has 2 aliphatic heterocycles. The van der Waals surface area contributed by atoms with E-state index in [-0.39, 0.29) is 17.2 Å². The van der Waals surface area contributed by atoms with E-state index in [2.05, 4.69) is 25.1 Å². The molecule has 1 aromatic rings. The van der Waals surface area contributed by atoms with Crippen molar-refractivity contribution >= 4 is 23.6 Å². The second-order valence-corrected chi connectivity index (χ2v) is 8.57. The number of rotatable bonds is 4. The van der Waals surface area contributed by atoms with Crippen LogP contribution in [0.2, 0.25) is 0 Å². The second-order valence-electron chi connectivity index (χ2n) is 7.59. The minimum atomic E-state index is 0.122. The number of nitrogens with zero attached hydrogens (tertiary/aromatic N) is 2. The first-order chi connectivity index (χ1) is 12.0. The standard InChI is InChI=1S/C20H28N2O2S/c1-16-6-3-4-7-17(16)12-25-13-19(24)22-11-5-9-20(15-22)10-8-18(23)21(2)14-20/h3-4,6-7H,5,8-15H2,1-2H3/t20-/m1/s1. The maximum Gasteiger partial charge on any atom is 0.232 e. The molecule has 136 valence electrons. The fourth-order valence-corrected chi connectivity index (χ4v) is 5.10. The predicted octanol–water partition coefficient (Wildman–Crippen LogP) is 3.09. The van der Waals surface area contributed by atoms with Crippen molar-refractivity contribution in [2.75, 3.05) is 32.4 Å². The van der Waals surface area contributed by atoms with Crippen LogP contribution in [0.25, 0.3) is 0 Å². The monoisotopic (exact) mass is 360 g/mol. The molecule has 1 aromatic carbocycles. The summed E-state index contributed by atoms with van der Waals surface area (Å²) in [4.78, 5) is 28.3. The van der Waals surface area contributed by atoms with Crippen LogP contribution in [0.3, 0.4) is 0 Å². The average molecular weight is 361 g/mol. The number of hydrogen-bond acceptors (Lipinski definition) is 3. The molecular weight excluding hydrogens is 332 g/mol. The van der Waals surface area contributed by atoms with Crippen molar-refractivity contribution in [3.8, 4) is 0 Å². The number of carbonyl (C=O) groups is 2. The number of likely N-dealkylation sites (tertiary alicyclic amines) is 2. The van der Waals surface area contributed by atoms with Gasteiger partial charge in [-0.2, -0.15) is 0 Å². The molecule has 2 fully saturated rings. The van der Waals surface area contributed by atoms with Crippen LogP contribution >= 0.6 is 11.8 Å². The van der Waals surface area contributed by atoms with Crippen LogP contribution in [0.4, 0.5) is 0 Å². The van der Waals surface area contributed by atoms with E-state index < -0.39 is 0 Å².